The highest BCUT2D eigenvalue weighted by molar-refractivity contribution is 5.18. The second kappa shape index (κ2) is 8.47. The second-order valence-electron chi connectivity index (χ2n) is 6.89. The summed E-state index contributed by atoms with van der Waals surface area (Å²) in [6.45, 7) is 5.94. The highest BCUT2D eigenvalue weighted by atomic mass is 19.1. The van der Waals surface area contributed by atoms with Gasteiger partial charge >= 0.3 is 0 Å². The fourth-order valence-electron chi connectivity index (χ4n) is 3.57. The maximum absolute atomic E-state index is 13.7. The predicted molar refractivity (Wildman–Crippen MR) is 91.0 cm³/mol. The molecular weight excluding hydrogens is 324 g/mol. The van der Waals surface area contributed by atoms with Gasteiger partial charge in [0, 0.05) is 19.2 Å². The summed E-state index contributed by atoms with van der Waals surface area (Å²) in [4.78, 5) is 2.48. The minimum Gasteiger partial charge on any atom is -0.303 e. The van der Waals surface area contributed by atoms with E-state index in [4.69, 9.17) is 0 Å². The van der Waals surface area contributed by atoms with Gasteiger partial charge in [-0.25, -0.2) is 13.5 Å². The number of rotatable bonds is 7. The van der Waals surface area contributed by atoms with Gasteiger partial charge in [-0.2, -0.15) is 0 Å². The van der Waals surface area contributed by atoms with Gasteiger partial charge in [-0.1, -0.05) is 6.07 Å². The summed E-state index contributed by atoms with van der Waals surface area (Å²) in [6.07, 6.45) is 5.01. The lowest BCUT2D eigenvalue weighted by molar-refractivity contribution is 0.164. The number of hydrogen-bond acceptors (Lipinski definition) is 4. The van der Waals surface area contributed by atoms with E-state index in [0.717, 1.165) is 50.9 Å². The number of aryl methyl sites for hydroxylation is 3. The number of nitrogens with zero attached hydrogens (tertiary/aromatic N) is 5. The number of likely N-dealkylation sites (tertiary alicyclic amines) is 1. The summed E-state index contributed by atoms with van der Waals surface area (Å²) in [5.41, 5.74) is 0.618. The van der Waals surface area contributed by atoms with Gasteiger partial charge in [0.1, 0.15) is 17.5 Å². The number of tetrazole rings is 1. The van der Waals surface area contributed by atoms with Crippen LogP contribution in [-0.2, 0) is 13.0 Å². The third-order valence-corrected chi connectivity index (χ3v) is 5.00. The first-order valence-electron chi connectivity index (χ1n) is 9.01. The summed E-state index contributed by atoms with van der Waals surface area (Å²) >= 11 is 0. The molecule has 1 fully saturated rings. The zero-order valence-electron chi connectivity index (χ0n) is 14.7. The quantitative estimate of drug-likeness (QED) is 0.771. The highest BCUT2D eigenvalue weighted by Crippen LogP contribution is 2.23. The van der Waals surface area contributed by atoms with Crippen molar-refractivity contribution in [3.8, 4) is 0 Å². The van der Waals surface area contributed by atoms with Crippen LogP contribution in [0, 0.1) is 24.5 Å². The number of hydrogen-bond donors (Lipinski definition) is 0. The smallest absolute Gasteiger partial charge is 0.148 e. The van der Waals surface area contributed by atoms with Crippen LogP contribution in [0.1, 0.15) is 37.1 Å². The zero-order chi connectivity index (χ0) is 17.6. The molecule has 0 bridgehead atoms. The zero-order valence-corrected chi connectivity index (χ0v) is 14.7. The molecule has 3 rings (SSSR count). The average Bonchev–Trinajstić information content (AvgIpc) is 3.00. The Morgan fingerprint density at radius 2 is 2.12 bits per heavy atom. The van der Waals surface area contributed by atoms with Gasteiger partial charge in [-0.3, -0.25) is 0 Å². The molecule has 0 amide bonds. The van der Waals surface area contributed by atoms with Gasteiger partial charge in [0.15, 0.2) is 0 Å². The minimum absolute atomic E-state index is 0.426. The lowest BCUT2D eigenvalue weighted by Gasteiger charge is -2.32. The molecule has 1 atom stereocenters. The Morgan fingerprint density at radius 1 is 1.24 bits per heavy atom. The van der Waals surface area contributed by atoms with Crippen LogP contribution in [0.25, 0.3) is 0 Å². The van der Waals surface area contributed by atoms with E-state index in [9.17, 15) is 8.78 Å². The maximum Gasteiger partial charge on any atom is 0.148 e. The van der Waals surface area contributed by atoms with E-state index in [0.29, 0.717) is 17.9 Å². The first-order chi connectivity index (χ1) is 12.1. The van der Waals surface area contributed by atoms with E-state index in [2.05, 4.69) is 20.4 Å². The molecule has 136 valence electrons. The van der Waals surface area contributed by atoms with Crippen LogP contribution in [0.15, 0.2) is 18.2 Å². The van der Waals surface area contributed by atoms with Crippen LogP contribution in [0.4, 0.5) is 8.78 Å². The maximum atomic E-state index is 13.7. The van der Waals surface area contributed by atoms with Gasteiger partial charge in [0.2, 0.25) is 0 Å². The fraction of sp³-hybridized carbons (Fsp3) is 0.611. The largest absolute Gasteiger partial charge is 0.303 e. The molecule has 1 aliphatic rings. The van der Waals surface area contributed by atoms with Crippen LogP contribution in [-0.4, -0.2) is 44.7 Å². The van der Waals surface area contributed by atoms with Crippen molar-refractivity contribution in [3.05, 3.63) is 41.2 Å². The fourth-order valence-corrected chi connectivity index (χ4v) is 3.57. The SMILES string of the molecule is Cc1nnnn1CCCN1CCC[C@@H](CCc2ccc(F)cc2F)C1. The molecule has 1 aromatic carbocycles. The molecule has 0 N–H and O–H groups in total. The Balaban J connectivity index is 1.42. The van der Waals surface area contributed by atoms with Crippen molar-refractivity contribution in [2.24, 2.45) is 5.92 Å². The number of piperidine rings is 1. The first-order valence-corrected chi connectivity index (χ1v) is 9.01. The summed E-state index contributed by atoms with van der Waals surface area (Å²) in [7, 11) is 0. The van der Waals surface area contributed by atoms with E-state index in [1.165, 1.54) is 18.9 Å². The molecule has 1 aromatic heterocycles. The van der Waals surface area contributed by atoms with Gasteiger partial charge in [0.25, 0.3) is 0 Å². The molecule has 2 heterocycles. The van der Waals surface area contributed by atoms with Gasteiger partial charge in [0.05, 0.1) is 0 Å². The molecule has 0 aliphatic carbocycles. The first kappa shape index (κ1) is 17.9. The molecule has 2 aromatic rings. The van der Waals surface area contributed by atoms with Crippen molar-refractivity contribution in [2.45, 2.75) is 45.6 Å². The van der Waals surface area contributed by atoms with Crippen LogP contribution in [0.3, 0.4) is 0 Å². The molecule has 25 heavy (non-hydrogen) atoms. The van der Waals surface area contributed by atoms with Crippen molar-refractivity contribution >= 4 is 0 Å². The van der Waals surface area contributed by atoms with Crippen LogP contribution >= 0.6 is 0 Å². The topological polar surface area (TPSA) is 46.8 Å². The van der Waals surface area contributed by atoms with E-state index in [-0.39, 0.29) is 0 Å². The Bertz CT molecular complexity index is 688. The number of aromatic nitrogens is 4. The van der Waals surface area contributed by atoms with E-state index < -0.39 is 11.6 Å². The monoisotopic (exact) mass is 349 g/mol. The van der Waals surface area contributed by atoms with Gasteiger partial charge in [-0.05, 0) is 80.1 Å². The van der Waals surface area contributed by atoms with Crippen molar-refractivity contribution in [1.82, 2.24) is 25.1 Å². The van der Waals surface area contributed by atoms with Crippen molar-refractivity contribution in [1.29, 1.82) is 0 Å². The van der Waals surface area contributed by atoms with Crippen molar-refractivity contribution in [2.75, 3.05) is 19.6 Å². The standard InChI is InChI=1S/C18H25F2N5/c1-14-21-22-23-25(14)11-3-10-24-9-2-4-15(13-24)5-6-16-7-8-17(19)12-18(16)20/h7-8,12,15H,2-6,9-11,13H2,1H3/t15-/m0/s1. The molecule has 0 radical (unpaired) electrons. The van der Waals surface area contributed by atoms with E-state index >= 15 is 0 Å². The second-order valence-corrected chi connectivity index (χ2v) is 6.89. The summed E-state index contributed by atoms with van der Waals surface area (Å²) in [5.74, 6) is 0.484. The highest BCUT2D eigenvalue weighted by Gasteiger charge is 2.20. The summed E-state index contributed by atoms with van der Waals surface area (Å²) in [5, 5.41) is 11.5. The van der Waals surface area contributed by atoms with Gasteiger partial charge < -0.3 is 4.90 Å². The Labute approximate surface area is 147 Å². The van der Waals surface area contributed by atoms with Gasteiger partial charge in [-0.15, -0.1) is 5.10 Å². The lowest BCUT2D eigenvalue weighted by Crippen LogP contribution is -2.36. The number of halogens is 2. The third kappa shape index (κ3) is 5.04. The lowest BCUT2D eigenvalue weighted by atomic mass is 9.91. The molecular formula is C18H25F2N5. The summed E-state index contributed by atoms with van der Waals surface area (Å²) in [6, 6.07) is 3.88. The molecule has 0 spiro atoms. The van der Waals surface area contributed by atoms with Crippen molar-refractivity contribution < 1.29 is 8.78 Å². The molecule has 1 saturated heterocycles. The minimum atomic E-state index is -0.511. The van der Waals surface area contributed by atoms with Crippen LogP contribution < -0.4 is 0 Å². The van der Waals surface area contributed by atoms with E-state index in [1.54, 1.807) is 6.07 Å². The summed E-state index contributed by atoms with van der Waals surface area (Å²) < 4.78 is 28.6. The molecule has 0 unspecified atom stereocenters. The Kier molecular flexibility index (Phi) is 6.07. The Hall–Kier alpha value is -1.89. The molecule has 0 saturated carbocycles. The molecule has 1 aliphatic heterocycles. The predicted octanol–water partition coefficient (Wildman–Crippen LogP) is 2.99. The van der Waals surface area contributed by atoms with Crippen LogP contribution in [0.2, 0.25) is 0 Å². The number of benzene rings is 1. The van der Waals surface area contributed by atoms with Crippen LogP contribution in [0.5, 0.6) is 0 Å². The average molecular weight is 349 g/mol. The third-order valence-electron chi connectivity index (χ3n) is 5.00. The molecule has 5 nitrogen and oxygen atoms in total. The van der Waals surface area contributed by atoms with E-state index in [1.807, 2.05) is 11.6 Å². The normalized spacial score (nSPS) is 18.6. The van der Waals surface area contributed by atoms with Crippen molar-refractivity contribution in [3.63, 3.8) is 0 Å². The Morgan fingerprint density at radius 3 is 2.88 bits per heavy atom. The molecule has 7 heteroatoms.